The molecule has 1 aromatic carbocycles. The Labute approximate surface area is 92.9 Å². The molecule has 3 N–H and O–H groups in total. The first-order valence-corrected chi connectivity index (χ1v) is 5.90. The van der Waals surface area contributed by atoms with Crippen LogP contribution >= 0.6 is 0 Å². The van der Waals surface area contributed by atoms with Gasteiger partial charge < -0.3 is 11.1 Å². The molecule has 84 valence electrons. The Kier molecular flexibility index (Phi) is 5.02. The van der Waals surface area contributed by atoms with Crippen molar-refractivity contribution in [3.05, 3.63) is 23.8 Å². The highest BCUT2D eigenvalue weighted by Gasteiger charge is 1.98. The van der Waals surface area contributed by atoms with Gasteiger partial charge >= 0.3 is 0 Å². The molecule has 0 aromatic heterocycles. The van der Waals surface area contributed by atoms with Crippen LogP contribution in [0, 0.1) is 0 Å². The molecular weight excluding hydrogens is 184 g/mol. The molecule has 0 unspecified atom stereocenters. The average Bonchev–Trinajstić information content (AvgIpc) is 2.26. The van der Waals surface area contributed by atoms with E-state index >= 15 is 0 Å². The number of nitrogen functional groups attached to an aromatic ring is 1. The fraction of sp³-hybridized carbons (Fsp3) is 0.538. The number of rotatable bonds is 6. The van der Waals surface area contributed by atoms with Crippen molar-refractivity contribution in [2.24, 2.45) is 0 Å². The fourth-order valence-electron chi connectivity index (χ4n) is 1.59. The van der Waals surface area contributed by atoms with Crippen LogP contribution in [0.15, 0.2) is 18.2 Å². The topological polar surface area (TPSA) is 38.0 Å². The number of unbranched alkanes of at least 4 members (excludes halogenated alkanes) is 2. The van der Waals surface area contributed by atoms with E-state index in [4.69, 9.17) is 5.73 Å². The van der Waals surface area contributed by atoms with Gasteiger partial charge in [0.25, 0.3) is 0 Å². The summed E-state index contributed by atoms with van der Waals surface area (Å²) in [7, 11) is 0. The Balaban J connectivity index is 2.47. The van der Waals surface area contributed by atoms with Gasteiger partial charge in [0.1, 0.15) is 0 Å². The molecule has 0 atom stereocenters. The second-order valence-electron chi connectivity index (χ2n) is 3.91. The van der Waals surface area contributed by atoms with Gasteiger partial charge in [-0.15, -0.1) is 0 Å². The molecule has 15 heavy (non-hydrogen) atoms. The molecule has 0 radical (unpaired) electrons. The number of benzene rings is 1. The Hall–Kier alpha value is -1.18. The molecular formula is C13H22N2. The third-order valence-electron chi connectivity index (χ3n) is 2.62. The number of nitrogens with two attached hydrogens (primary N) is 1. The van der Waals surface area contributed by atoms with Crippen molar-refractivity contribution in [1.29, 1.82) is 0 Å². The molecule has 0 heterocycles. The van der Waals surface area contributed by atoms with E-state index in [1.54, 1.807) is 0 Å². The summed E-state index contributed by atoms with van der Waals surface area (Å²) in [5.74, 6) is 0. The van der Waals surface area contributed by atoms with Crippen LogP contribution < -0.4 is 11.1 Å². The highest BCUT2D eigenvalue weighted by atomic mass is 14.9. The SMILES string of the molecule is CCCCCNc1ccc(CC)cc1N. The van der Waals surface area contributed by atoms with Crippen LogP contribution in [-0.2, 0) is 6.42 Å². The number of hydrogen-bond acceptors (Lipinski definition) is 2. The molecule has 2 nitrogen and oxygen atoms in total. The zero-order valence-corrected chi connectivity index (χ0v) is 9.84. The summed E-state index contributed by atoms with van der Waals surface area (Å²) >= 11 is 0. The standard InChI is InChI=1S/C13H22N2/c1-3-5-6-9-15-13-8-7-11(4-2)10-12(13)14/h7-8,10,15H,3-6,9,14H2,1-2H3. The van der Waals surface area contributed by atoms with Crippen molar-refractivity contribution in [3.8, 4) is 0 Å². The molecule has 0 bridgehead atoms. The van der Waals surface area contributed by atoms with E-state index in [9.17, 15) is 0 Å². The first-order chi connectivity index (χ1) is 7.27. The second-order valence-corrected chi connectivity index (χ2v) is 3.91. The Morgan fingerprint density at radius 3 is 2.60 bits per heavy atom. The van der Waals surface area contributed by atoms with Crippen LogP contribution in [0.25, 0.3) is 0 Å². The van der Waals surface area contributed by atoms with E-state index in [0.717, 1.165) is 24.3 Å². The van der Waals surface area contributed by atoms with Gasteiger partial charge in [-0.1, -0.05) is 32.8 Å². The molecule has 0 aliphatic carbocycles. The molecule has 0 spiro atoms. The van der Waals surface area contributed by atoms with E-state index in [-0.39, 0.29) is 0 Å². The van der Waals surface area contributed by atoms with Crippen LogP contribution in [0.4, 0.5) is 11.4 Å². The van der Waals surface area contributed by atoms with Gasteiger partial charge in [-0.25, -0.2) is 0 Å². The molecule has 0 saturated carbocycles. The maximum atomic E-state index is 5.95. The van der Waals surface area contributed by atoms with Crippen molar-refractivity contribution in [1.82, 2.24) is 0 Å². The second kappa shape index (κ2) is 6.33. The van der Waals surface area contributed by atoms with Crippen LogP contribution in [0.3, 0.4) is 0 Å². The molecule has 1 rings (SSSR count). The molecule has 1 aromatic rings. The summed E-state index contributed by atoms with van der Waals surface area (Å²) < 4.78 is 0. The van der Waals surface area contributed by atoms with Gasteiger partial charge in [0.2, 0.25) is 0 Å². The Morgan fingerprint density at radius 2 is 2.00 bits per heavy atom. The molecule has 0 aliphatic heterocycles. The van der Waals surface area contributed by atoms with E-state index in [2.05, 4.69) is 37.4 Å². The lowest BCUT2D eigenvalue weighted by molar-refractivity contribution is 0.744. The van der Waals surface area contributed by atoms with E-state index in [1.807, 2.05) is 0 Å². The molecule has 2 heteroatoms. The summed E-state index contributed by atoms with van der Waals surface area (Å²) in [6.45, 7) is 5.37. The average molecular weight is 206 g/mol. The Bertz CT molecular complexity index is 295. The van der Waals surface area contributed by atoms with Crippen LogP contribution in [0.1, 0.15) is 38.7 Å². The molecule has 0 saturated heterocycles. The summed E-state index contributed by atoms with van der Waals surface area (Å²) in [6.07, 6.45) is 4.79. The Morgan fingerprint density at radius 1 is 1.20 bits per heavy atom. The van der Waals surface area contributed by atoms with Gasteiger partial charge in [0.15, 0.2) is 0 Å². The minimum Gasteiger partial charge on any atom is -0.397 e. The quantitative estimate of drug-likeness (QED) is 0.553. The van der Waals surface area contributed by atoms with Crippen molar-refractivity contribution in [3.63, 3.8) is 0 Å². The lowest BCUT2D eigenvalue weighted by Crippen LogP contribution is -2.04. The number of nitrogens with one attached hydrogen (secondary N) is 1. The minimum absolute atomic E-state index is 0.867. The van der Waals surface area contributed by atoms with Crippen molar-refractivity contribution < 1.29 is 0 Å². The maximum Gasteiger partial charge on any atom is 0.0574 e. The number of anilines is 2. The smallest absolute Gasteiger partial charge is 0.0574 e. The van der Waals surface area contributed by atoms with Crippen molar-refractivity contribution in [2.45, 2.75) is 39.5 Å². The zero-order valence-electron chi connectivity index (χ0n) is 9.84. The lowest BCUT2D eigenvalue weighted by atomic mass is 10.1. The predicted octanol–water partition coefficient (Wildman–Crippen LogP) is 3.43. The summed E-state index contributed by atoms with van der Waals surface area (Å²) in [6, 6.07) is 6.28. The van der Waals surface area contributed by atoms with Crippen molar-refractivity contribution >= 4 is 11.4 Å². The number of aryl methyl sites for hydroxylation is 1. The highest BCUT2D eigenvalue weighted by Crippen LogP contribution is 2.20. The highest BCUT2D eigenvalue weighted by molar-refractivity contribution is 5.66. The van der Waals surface area contributed by atoms with Crippen molar-refractivity contribution in [2.75, 3.05) is 17.6 Å². The van der Waals surface area contributed by atoms with E-state index in [0.29, 0.717) is 0 Å². The van der Waals surface area contributed by atoms with Gasteiger partial charge in [-0.2, -0.15) is 0 Å². The predicted molar refractivity (Wildman–Crippen MR) is 68.2 cm³/mol. The van der Waals surface area contributed by atoms with Gasteiger partial charge in [0.05, 0.1) is 11.4 Å². The summed E-state index contributed by atoms with van der Waals surface area (Å²) in [4.78, 5) is 0. The summed E-state index contributed by atoms with van der Waals surface area (Å²) in [5, 5.41) is 3.37. The largest absolute Gasteiger partial charge is 0.397 e. The van der Waals surface area contributed by atoms with Gasteiger partial charge in [-0.05, 0) is 30.5 Å². The van der Waals surface area contributed by atoms with Gasteiger partial charge in [0, 0.05) is 6.54 Å². The number of hydrogen-bond donors (Lipinski definition) is 2. The van der Waals surface area contributed by atoms with Crippen LogP contribution in [0.2, 0.25) is 0 Å². The monoisotopic (exact) mass is 206 g/mol. The summed E-state index contributed by atoms with van der Waals surface area (Å²) in [5.41, 5.74) is 9.19. The zero-order chi connectivity index (χ0) is 11.1. The first kappa shape index (κ1) is 11.9. The third-order valence-corrected chi connectivity index (χ3v) is 2.62. The molecule has 0 amide bonds. The normalized spacial score (nSPS) is 10.3. The van der Waals surface area contributed by atoms with Crippen LogP contribution in [-0.4, -0.2) is 6.54 Å². The third kappa shape index (κ3) is 3.82. The maximum absolute atomic E-state index is 5.95. The fourth-order valence-corrected chi connectivity index (χ4v) is 1.59. The van der Waals surface area contributed by atoms with Crippen LogP contribution in [0.5, 0.6) is 0 Å². The van der Waals surface area contributed by atoms with E-state index < -0.39 is 0 Å². The minimum atomic E-state index is 0.867. The molecule has 0 aliphatic rings. The molecule has 0 fully saturated rings. The van der Waals surface area contributed by atoms with E-state index in [1.165, 1.54) is 24.8 Å². The first-order valence-electron chi connectivity index (χ1n) is 5.90. The van der Waals surface area contributed by atoms with Gasteiger partial charge in [-0.3, -0.25) is 0 Å². The lowest BCUT2D eigenvalue weighted by Gasteiger charge is -2.10.